The standard InChI is InChI=1S/C17H25NO2/c19-15-5-4-14(16(20)12-15)13-18-10-8-17(9-11-18)6-2-1-3-7-17/h4-5,12,19-20H,1-3,6-11,13H2. The van der Waals surface area contributed by atoms with Gasteiger partial charge in [-0.3, -0.25) is 4.90 Å². The molecule has 0 radical (unpaired) electrons. The van der Waals surface area contributed by atoms with Gasteiger partial charge in [-0.25, -0.2) is 0 Å². The average Bonchev–Trinajstić information content (AvgIpc) is 2.45. The number of hydrogen-bond acceptors (Lipinski definition) is 3. The molecule has 0 atom stereocenters. The second kappa shape index (κ2) is 5.65. The Labute approximate surface area is 121 Å². The fourth-order valence-corrected chi connectivity index (χ4v) is 3.91. The van der Waals surface area contributed by atoms with E-state index in [9.17, 15) is 10.2 Å². The third-order valence-electron chi connectivity index (χ3n) is 5.29. The highest BCUT2D eigenvalue weighted by Gasteiger charge is 2.35. The van der Waals surface area contributed by atoms with Crippen LogP contribution in [0.4, 0.5) is 0 Å². The highest BCUT2D eigenvalue weighted by atomic mass is 16.3. The summed E-state index contributed by atoms with van der Waals surface area (Å²) in [6.07, 6.45) is 9.72. The number of piperidine rings is 1. The molecule has 20 heavy (non-hydrogen) atoms. The van der Waals surface area contributed by atoms with Crippen molar-refractivity contribution in [2.45, 2.75) is 51.5 Å². The SMILES string of the molecule is Oc1ccc(CN2CCC3(CCCCC3)CC2)c(O)c1. The zero-order chi connectivity index (χ0) is 14.0. The topological polar surface area (TPSA) is 43.7 Å². The average molecular weight is 275 g/mol. The lowest BCUT2D eigenvalue weighted by Gasteiger charge is -2.44. The monoisotopic (exact) mass is 275 g/mol. The van der Waals surface area contributed by atoms with E-state index in [-0.39, 0.29) is 11.5 Å². The summed E-state index contributed by atoms with van der Waals surface area (Å²) < 4.78 is 0. The van der Waals surface area contributed by atoms with E-state index >= 15 is 0 Å². The van der Waals surface area contributed by atoms with Crippen molar-refractivity contribution in [1.29, 1.82) is 0 Å². The van der Waals surface area contributed by atoms with Gasteiger partial charge in [-0.2, -0.15) is 0 Å². The minimum absolute atomic E-state index is 0.131. The zero-order valence-corrected chi connectivity index (χ0v) is 12.1. The van der Waals surface area contributed by atoms with E-state index in [1.165, 1.54) is 51.0 Å². The normalized spacial score (nSPS) is 23.0. The van der Waals surface area contributed by atoms with Crippen molar-refractivity contribution in [3.8, 4) is 11.5 Å². The number of likely N-dealkylation sites (tertiary alicyclic amines) is 1. The number of phenolic OH excluding ortho intramolecular Hbond substituents is 2. The first kappa shape index (κ1) is 13.7. The molecule has 1 saturated heterocycles. The molecule has 110 valence electrons. The summed E-state index contributed by atoms with van der Waals surface area (Å²) in [4.78, 5) is 2.44. The molecule has 3 rings (SSSR count). The van der Waals surface area contributed by atoms with Gasteiger partial charge in [-0.15, -0.1) is 0 Å². The Morgan fingerprint density at radius 3 is 2.30 bits per heavy atom. The van der Waals surface area contributed by atoms with Crippen molar-refractivity contribution in [2.75, 3.05) is 13.1 Å². The molecule has 2 aliphatic rings. The van der Waals surface area contributed by atoms with Crippen LogP contribution in [0.3, 0.4) is 0 Å². The summed E-state index contributed by atoms with van der Waals surface area (Å²) in [6, 6.07) is 4.92. The van der Waals surface area contributed by atoms with Gasteiger partial charge in [0.2, 0.25) is 0 Å². The molecular weight excluding hydrogens is 250 g/mol. The van der Waals surface area contributed by atoms with Gasteiger partial charge in [0.15, 0.2) is 0 Å². The zero-order valence-electron chi connectivity index (χ0n) is 12.1. The summed E-state index contributed by atoms with van der Waals surface area (Å²) in [5.74, 6) is 0.342. The Bertz CT molecular complexity index is 456. The van der Waals surface area contributed by atoms with Crippen molar-refractivity contribution in [3.05, 3.63) is 23.8 Å². The molecule has 1 aliphatic carbocycles. The highest BCUT2D eigenvalue weighted by Crippen LogP contribution is 2.44. The van der Waals surface area contributed by atoms with E-state index < -0.39 is 0 Å². The molecule has 0 unspecified atom stereocenters. The molecular formula is C17H25NO2. The fraction of sp³-hybridized carbons (Fsp3) is 0.647. The maximum Gasteiger partial charge on any atom is 0.123 e. The maximum atomic E-state index is 9.88. The van der Waals surface area contributed by atoms with Gasteiger partial charge in [-0.05, 0) is 50.3 Å². The Hall–Kier alpha value is -1.22. The molecule has 3 heteroatoms. The van der Waals surface area contributed by atoms with Crippen LogP contribution in [-0.4, -0.2) is 28.2 Å². The number of rotatable bonds is 2. The second-order valence-electron chi connectivity index (χ2n) is 6.65. The molecule has 1 saturated carbocycles. The van der Waals surface area contributed by atoms with E-state index in [2.05, 4.69) is 4.90 Å². The lowest BCUT2D eigenvalue weighted by atomic mass is 9.68. The van der Waals surface area contributed by atoms with E-state index in [4.69, 9.17) is 0 Å². The van der Waals surface area contributed by atoms with Gasteiger partial charge in [0, 0.05) is 18.2 Å². The van der Waals surface area contributed by atoms with E-state index in [1.807, 2.05) is 6.07 Å². The van der Waals surface area contributed by atoms with Crippen LogP contribution in [0.5, 0.6) is 11.5 Å². The number of aromatic hydroxyl groups is 2. The quantitative estimate of drug-likeness (QED) is 0.866. The molecule has 0 bridgehead atoms. The van der Waals surface area contributed by atoms with Crippen molar-refractivity contribution in [2.24, 2.45) is 5.41 Å². The van der Waals surface area contributed by atoms with Crippen molar-refractivity contribution >= 4 is 0 Å². The lowest BCUT2D eigenvalue weighted by Crippen LogP contribution is -2.40. The Balaban J connectivity index is 1.58. The number of benzene rings is 1. The van der Waals surface area contributed by atoms with E-state index in [0.717, 1.165) is 25.2 Å². The minimum atomic E-state index is 0.131. The highest BCUT2D eigenvalue weighted by molar-refractivity contribution is 5.38. The maximum absolute atomic E-state index is 9.88. The van der Waals surface area contributed by atoms with E-state index in [0.29, 0.717) is 5.41 Å². The van der Waals surface area contributed by atoms with Gasteiger partial charge < -0.3 is 10.2 Å². The first-order chi connectivity index (χ1) is 9.67. The largest absolute Gasteiger partial charge is 0.508 e. The van der Waals surface area contributed by atoms with E-state index in [1.54, 1.807) is 6.07 Å². The van der Waals surface area contributed by atoms with Crippen LogP contribution in [0.1, 0.15) is 50.5 Å². The van der Waals surface area contributed by atoms with Gasteiger partial charge in [0.05, 0.1) is 0 Å². The van der Waals surface area contributed by atoms with Crippen molar-refractivity contribution in [3.63, 3.8) is 0 Å². The minimum Gasteiger partial charge on any atom is -0.508 e. The van der Waals surface area contributed by atoms with Crippen LogP contribution >= 0.6 is 0 Å². The first-order valence-corrected chi connectivity index (χ1v) is 7.90. The predicted octanol–water partition coefficient (Wildman–Crippen LogP) is 3.64. The summed E-state index contributed by atoms with van der Waals surface area (Å²) in [6.45, 7) is 3.07. The first-order valence-electron chi connectivity index (χ1n) is 7.90. The molecule has 1 heterocycles. The molecule has 3 nitrogen and oxygen atoms in total. The fourth-order valence-electron chi connectivity index (χ4n) is 3.91. The van der Waals surface area contributed by atoms with Crippen LogP contribution in [0.15, 0.2) is 18.2 Å². The van der Waals surface area contributed by atoms with Gasteiger partial charge in [0.25, 0.3) is 0 Å². The third-order valence-corrected chi connectivity index (χ3v) is 5.29. The van der Waals surface area contributed by atoms with Gasteiger partial charge >= 0.3 is 0 Å². The summed E-state index contributed by atoms with van der Waals surface area (Å²) in [5.41, 5.74) is 1.55. The van der Waals surface area contributed by atoms with Gasteiger partial charge in [0.1, 0.15) is 11.5 Å². The van der Waals surface area contributed by atoms with Gasteiger partial charge in [-0.1, -0.05) is 25.3 Å². The van der Waals surface area contributed by atoms with Crippen molar-refractivity contribution < 1.29 is 10.2 Å². The molecule has 1 spiro atoms. The van der Waals surface area contributed by atoms with Crippen LogP contribution in [0, 0.1) is 5.41 Å². The molecule has 1 aromatic rings. The Kier molecular flexibility index (Phi) is 3.88. The van der Waals surface area contributed by atoms with Crippen LogP contribution in [-0.2, 0) is 6.54 Å². The van der Waals surface area contributed by atoms with Crippen LogP contribution in [0.2, 0.25) is 0 Å². The number of nitrogens with zero attached hydrogens (tertiary/aromatic N) is 1. The Morgan fingerprint density at radius 2 is 1.65 bits per heavy atom. The lowest BCUT2D eigenvalue weighted by molar-refractivity contribution is 0.0638. The molecule has 2 fully saturated rings. The number of hydrogen-bond donors (Lipinski definition) is 2. The molecule has 1 aromatic carbocycles. The summed E-state index contributed by atoms with van der Waals surface area (Å²) >= 11 is 0. The predicted molar refractivity (Wildman–Crippen MR) is 79.8 cm³/mol. The summed E-state index contributed by atoms with van der Waals surface area (Å²) in [7, 11) is 0. The molecule has 2 N–H and O–H groups in total. The molecule has 0 aromatic heterocycles. The van der Waals surface area contributed by atoms with Crippen LogP contribution in [0.25, 0.3) is 0 Å². The van der Waals surface area contributed by atoms with Crippen molar-refractivity contribution in [1.82, 2.24) is 4.90 Å². The Morgan fingerprint density at radius 1 is 0.950 bits per heavy atom. The molecule has 1 aliphatic heterocycles. The second-order valence-corrected chi connectivity index (χ2v) is 6.65. The third kappa shape index (κ3) is 2.93. The summed E-state index contributed by atoms with van der Waals surface area (Å²) in [5, 5.41) is 19.2. The molecule has 0 amide bonds. The number of phenols is 2. The smallest absolute Gasteiger partial charge is 0.123 e. The van der Waals surface area contributed by atoms with Crippen LogP contribution < -0.4 is 0 Å².